The molecule has 0 spiro atoms. The molecule has 1 aromatic carbocycles. The molecule has 0 amide bonds. The number of aryl methyl sites for hydroxylation is 2. The highest BCUT2D eigenvalue weighted by molar-refractivity contribution is 7.89. The molecule has 25 heavy (non-hydrogen) atoms. The smallest absolute Gasteiger partial charge is 0.246 e. The van der Waals surface area contributed by atoms with E-state index in [0.29, 0.717) is 31.8 Å². The van der Waals surface area contributed by atoms with Crippen molar-refractivity contribution >= 4 is 10.0 Å². The zero-order valence-electron chi connectivity index (χ0n) is 14.2. The molecule has 136 valence electrons. The summed E-state index contributed by atoms with van der Waals surface area (Å²) in [5, 5.41) is 4.43. The van der Waals surface area contributed by atoms with Crippen LogP contribution < -0.4 is 0 Å². The van der Waals surface area contributed by atoms with Gasteiger partial charge in [-0.15, -0.1) is 0 Å². The molecule has 0 N–H and O–H groups in total. The topological polar surface area (TPSA) is 55.2 Å². The summed E-state index contributed by atoms with van der Waals surface area (Å²) in [7, 11) is -4.02. The first-order valence-corrected chi connectivity index (χ1v) is 9.67. The molecule has 0 saturated carbocycles. The number of nitrogens with zero attached hydrogens (tertiary/aromatic N) is 3. The molecule has 0 atom stereocenters. The summed E-state index contributed by atoms with van der Waals surface area (Å²) < 4.78 is 55.5. The first-order chi connectivity index (χ1) is 11.8. The minimum atomic E-state index is -4.02. The van der Waals surface area contributed by atoms with Crippen molar-refractivity contribution in [2.24, 2.45) is 5.92 Å². The summed E-state index contributed by atoms with van der Waals surface area (Å²) in [6.45, 7) is 5.25. The monoisotopic (exact) mass is 369 g/mol. The zero-order valence-corrected chi connectivity index (χ0v) is 15.1. The van der Waals surface area contributed by atoms with E-state index in [-0.39, 0.29) is 0 Å². The second-order valence-corrected chi connectivity index (χ2v) is 8.44. The molecule has 0 bridgehead atoms. The minimum Gasteiger partial charge on any atom is -0.269 e. The van der Waals surface area contributed by atoms with Gasteiger partial charge >= 0.3 is 0 Å². The average Bonchev–Trinajstić information content (AvgIpc) is 2.87. The SMILES string of the molecule is Cc1cc(C)n(CC2CCN(S(=O)(=O)c3cc(F)ccc3F)CC2)n1. The number of rotatable bonds is 4. The minimum absolute atomic E-state index is 0.294. The van der Waals surface area contributed by atoms with Gasteiger partial charge in [0.05, 0.1) is 5.69 Å². The van der Waals surface area contributed by atoms with E-state index in [0.717, 1.165) is 36.1 Å². The van der Waals surface area contributed by atoms with E-state index in [4.69, 9.17) is 0 Å². The maximum absolute atomic E-state index is 13.8. The summed E-state index contributed by atoms with van der Waals surface area (Å²) in [5.41, 5.74) is 2.04. The Labute approximate surface area is 146 Å². The van der Waals surface area contributed by atoms with E-state index in [1.807, 2.05) is 24.6 Å². The quantitative estimate of drug-likeness (QED) is 0.833. The molecule has 0 unspecified atom stereocenters. The molecular weight excluding hydrogens is 348 g/mol. The van der Waals surface area contributed by atoms with Crippen LogP contribution in [0.2, 0.25) is 0 Å². The van der Waals surface area contributed by atoms with Crippen LogP contribution in [-0.4, -0.2) is 35.6 Å². The lowest BCUT2D eigenvalue weighted by atomic mass is 9.98. The fourth-order valence-corrected chi connectivity index (χ4v) is 4.80. The molecule has 0 radical (unpaired) electrons. The highest BCUT2D eigenvalue weighted by atomic mass is 32.2. The standard InChI is InChI=1S/C17H21F2N3O2S/c1-12-9-13(2)22(20-12)11-14-5-7-21(8-6-14)25(23,24)17-10-15(18)3-4-16(17)19/h3-4,9-10,14H,5-8,11H2,1-2H3. The summed E-state index contributed by atoms with van der Waals surface area (Å²) in [6.07, 6.45) is 1.32. The Balaban J connectivity index is 1.69. The second kappa shape index (κ2) is 6.84. The lowest BCUT2D eigenvalue weighted by Gasteiger charge is -2.31. The number of aromatic nitrogens is 2. The summed E-state index contributed by atoms with van der Waals surface area (Å²) >= 11 is 0. The number of hydrogen-bond donors (Lipinski definition) is 0. The predicted octanol–water partition coefficient (Wildman–Crippen LogP) is 2.88. The molecule has 5 nitrogen and oxygen atoms in total. The van der Waals surface area contributed by atoms with Gasteiger partial charge in [0.15, 0.2) is 0 Å². The molecule has 8 heteroatoms. The molecular formula is C17H21F2N3O2S. The van der Waals surface area contributed by atoms with Crippen LogP contribution in [0.4, 0.5) is 8.78 Å². The summed E-state index contributed by atoms with van der Waals surface area (Å²) in [5.74, 6) is -1.38. The van der Waals surface area contributed by atoms with Crippen molar-refractivity contribution in [3.05, 3.63) is 47.3 Å². The molecule has 1 fully saturated rings. The molecule has 0 aliphatic carbocycles. The Morgan fingerprint density at radius 2 is 1.84 bits per heavy atom. The van der Waals surface area contributed by atoms with Crippen LogP contribution in [0.5, 0.6) is 0 Å². The Morgan fingerprint density at radius 3 is 2.44 bits per heavy atom. The highest BCUT2D eigenvalue weighted by Gasteiger charge is 2.32. The van der Waals surface area contributed by atoms with Gasteiger partial charge in [-0.2, -0.15) is 9.40 Å². The van der Waals surface area contributed by atoms with Crippen molar-refractivity contribution in [3.8, 4) is 0 Å². The lowest BCUT2D eigenvalue weighted by Crippen LogP contribution is -2.39. The lowest BCUT2D eigenvalue weighted by molar-refractivity contribution is 0.245. The van der Waals surface area contributed by atoms with Crippen molar-refractivity contribution in [3.63, 3.8) is 0 Å². The molecule has 2 aromatic rings. The number of sulfonamides is 1. The van der Waals surface area contributed by atoms with Gasteiger partial charge in [0, 0.05) is 25.3 Å². The van der Waals surface area contributed by atoms with Gasteiger partial charge in [-0.05, 0) is 56.9 Å². The number of piperidine rings is 1. The van der Waals surface area contributed by atoms with Crippen LogP contribution in [0.3, 0.4) is 0 Å². The van der Waals surface area contributed by atoms with Crippen LogP contribution in [0.1, 0.15) is 24.2 Å². The Kier molecular flexibility index (Phi) is 4.92. The number of halogens is 2. The van der Waals surface area contributed by atoms with Gasteiger partial charge in [-0.1, -0.05) is 0 Å². The number of benzene rings is 1. The molecule has 2 heterocycles. The van der Waals surface area contributed by atoms with Gasteiger partial charge < -0.3 is 0 Å². The first kappa shape index (κ1) is 18.0. The molecule has 1 aromatic heterocycles. The summed E-state index contributed by atoms with van der Waals surface area (Å²) in [6, 6.07) is 4.51. The van der Waals surface area contributed by atoms with E-state index < -0.39 is 26.6 Å². The largest absolute Gasteiger partial charge is 0.269 e. The maximum atomic E-state index is 13.8. The average molecular weight is 369 g/mol. The normalized spacial score (nSPS) is 17.1. The summed E-state index contributed by atoms with van der Waals surface area (Å²) in [4.78, 5) is -0.593. The van der Waals surface area contributed by atoms with E-state index >= 15 is 0 Å². The van der Waals surface area contributed by atoms with Crippen molar-refractivity contribution in [2.75, 3.05) is 13.1 Å². The third-order valence-corrected chi connectivity index (χ3v) is 6.53. The van der Waals surface area contributed by atoms with Gasteiger partial charge in [0.25, 0.3) is 0 Å². The van der Waals surface area contributed by atoms with Crippen LogP contribution in [0.15, 0.2) is 29.2 Å². The maximum Gasteiger partial charge on any atom is 0.246 e. The molecule has 1 aliphatic rings. The van der Waals surface area contributed by atoms with Gasteiger partial charge in [-0.25, -0.2) is 17.2 Å². The van der Waals surface area contributed by atoms with Gasteiger partial charge in [-0.3, -0.25) is 4.68 Å². The van der Waals surface area contributed by atoms with E-state index in [1.165, 1.54) is 4.31 Å². The van der Waals surface area contributed by atoms with Crippen molar-refractivity contribution < 1.29 is 17.2 Å². The van der Waals surface area contributed by atoms with E-state index in [2.05, 4.69) is 5.10 Å². The molecule has 3 rings (SSSR count). The number of hydrogen-bond acceptors (Lipinski definition) is 3. The Hall–Kier alpha value is -1.80. The second-order valence-electron chi connectivity index (χ2n) is 6.53. The fraction of sp³-hybridized carbons (Fsp3) is 0.471. The third kappa shape index (κ3) is 3.74. The van der Waals surface area contributed by atoms with Gasteiger partial charge in [0.1, 0.15) is 16.5 Å². The highest BCUT2D eigenvalue weighted by Crippen LogP contribution is 2.26. The third-order valence-electron chi connectivity index (χ3n) is 4.62. The van der Waals surface area contributed by atoms with E-state index in [9.17, 15) is 17.2 Å². The predicted molar refractivity (Wildman–Crippen MR) is 89.5 cm³/mol. The van der Waals surface area contributed by atoms with Crippen LogP contribution in [0.25, 0.3) is 0 Å². The molecule has 1 aliphatic heterocycles. The Bertz CT molecular complexity index is 872. The van der Waals surface area contributed by atoms with Gasteiger partial charge in [0.2, 0.25) is 10.0 Å². The van der Waals surface area contributed by atoms with Crippen molar-refractivity contribution in [1.82, 2.24) is 14.1 Å². The van der Waals surface area contributed by atoms with Crippen molar-refractivity contribution in [2.45, 2.75) is 38.1 Å². The molecule has 1 saturated heterocycles. The zero-order chi connectivity index (χ0) is 18.2. The van der Waals surface area contributed by atoms with Crippen molar-refractivity contribution in [1.29, 1.82) is 0 Å². The Morgan fingerprint density at radius 1 is 1.16 bits per heavy atom. The van der Waals surface area contributed by atoms with Crippen LogP contribution in [0, 0.1) is 31.4 Å². The van der Waals surface area contributed by atoms with Crippen LogP contribution in [-0.2, 0) is 16.6 Å². The van der Waals surface area contributed by atoms with Crippen LogP contribution >= 0.6 is 0 Å². The first-order valence-electron chi connectivity index (χ1n) is 8.23. The van der Waals surface area contributed by atoms with E-state index in [1.54, 1.807) is 0 Å². The fourth-order valence-electron chi connectivity index (χ4n) is 3.25.